The summed E-state index contributed by atoms with van der Waals surface area (Å²) in [5, 5.41) is 2.81. The summed E-state index contributed by atoms with van der Waals surface area (Å²) in [6.45, 7) is 5.88. The number of hydrogen-bond acceptors (Lipinski definition) is 3. The number of thioether (sulfide) groups is 1. The average molecular weight is 446 g/mol. The molecular formula is C26H24FN3OS. The fourth-order valence-corrected chi connectivity index (χ4v) is 4.08. The Bertz CT molecular complexity index is 1170. The molecule has 0 saturated heterocycles. The van der Waals surface area contributed by atoms with Crippen LogP contribution in [0, 0.1) is 19.7 Å². The predicted octanol–water partition coefficient (Wildman–Crippen LogP) is 6.62. The number of aromatic nitrogens is 2. The molecule has 0 aliphatic rings. The van der Waals surface area contributed by atoms with E-state index in [1.165, 1.54) is 29.0 Å². The number of halogens is 1. The van der Waals surface area contributed by atoms with Gasteiger partial charge in [0, 0.05) is 11.1 Å². The van der Waals surface area contributed by atoms with E-state index in [2.05, 4.69) is 53.6 Å². The largest absolute Gasteiger partial charge is 0.332 e. The third kappa shape index (κ3) is 4.92. The van der Waals surface area contributed by atoms with Crippen molar-refractivity contribution in [1.82, 2.24) is 9.97 Å². The van der Waals surface area contributed by atoms with Crippen LogP contribution in [0.25, 0.3) is 22.5 Å². The first kappa shape index (κ1) is 21.8. The Kier molecular flexibility index (Phi) is 6.42. The Morgan fingerprint density at radius 1 is 0.938 bits per heavy atom. The van der Waals surface area contributed by atoms with Crippen LogP contribution in [-0.2, 0) is 4.79 Å². The Morgan fingerprint density at radius 2 is 1.53 bits per heavy atom. The predicted molar refractivity (Wildman–Crippen MR) is 129 cm³/mol. The number of aryl methyl sites for hydroxylation is 2. The van der Waals surface area contributed by atoms with E-state index in [4.69, 9.17) is 4.98 Å². The summed E-state index contributed by atoms with van der Waals surface area (Å²) in [6.07, 6.45) is 0. The zero-order valence-electron chi connectivity index (χ0n) is 18.1. The monoisotopic (exact) mass is 445 g/mol. The van der Waals surface area contributed by atoms with Crippen LogP contribution in [0.15, 0.2) is 78.0 Å². The Balaban J connectivity index is 1.62. The smallest absolute Gasteiger partial charge is 0.237 e. The van der Waals surface area contributed by atoms with Crippen molar-refractivity contribution in [1.29, 1.82) is 0 Å². The quantitative estimate of drug-likeness (QED) is 0.328. The maximum Gasteiger partial charge on any atom is 0.237 e. The van der Waals surface area contributed by atoms with Gasteiger partial charge in [0.15, 0.2) is 5.16 Å². The van der Waals surface area contributed by atoms with Crippen LogP contribution in [0.4, 0.5) is 10.1 Å². The van der Waals surface area contributed by atoms with Gasteiger partial charge in [-0.3, -0.25) is 4.79 Å². The van der Waals surface area contributed by atoms with Gasteiger partial charge in [0.05, 0.1) is 22.3 Å². The van der Waals surface area contributed by atoms with Crippen molar-refractivity contribution in [3.05, 3.63) is 89.7 Å². The molecule has 3 aromatic carbocycles. The van der Waals surface area contributed by atoms with E-state index >= 15 is 0 Å². The Hall–Kier alpha value is -3.38. The lowest BCUT2D eigenvalue weighted by atomic mass is 10.0. The highest BCUT2D eigenvalue weighted by Crippen LogP contribution is 2.34. The fraction of sp³-hybridized carbons (Fsp3) is 0.154. The molecule has 0 spiro atoms. The van der Waals surface area contributed by atoms with Crippen molar-refractivity contribution < 1.29 is 9.18 Å². The zero-order chi connectivity index (χ0) is 22.7. The minimum Gasteiger partial charge on any atom is -0.332 e. The van der Waals surface area contributed by atoms with Crippen LogP contribution in [0.5, 0.6) is 0 Å². The van der Waals surface area contributed by atoms with Gasteiger partial charge in [-0.15, -0.1) is 0 Å². The lowest BCUT2D eigenvalue weighted by Gasteiger charge is -2.11. The van der Waals surface area contributed by atoms with Crippen molar-refractivity contribution in [2.45, 2.75) is 31.2 Å². The molecule has 1 atom stereocenters. The van der Waals surface area contributed by atoms with Gasteiger partial charge in [0.2, 0.25) is 5.91 Å². The summed E-state index contributed by atoms with van der Waals surface area (Å²) >= 11 is 1.31. The second kappa shape index (κ2) is 9.40. The van der Waals surface area contributed by atoms with Crippen molar-refractivity contribution in [2.75, 3.05) is 5.32 Å². The van der Waals surface area contributed by atoms with Gasteiger partial charge in [-0.2, -0.15) is 0 Å². The first-order chi connectivity index (χ1) is 15.4. The molecule has 6 heteroatoms. The van der Waals surface area contributed by atoms with Crippen LogP contribution in [0.3, 0.4) is 0 Å². The minimum absolute atomic E-state index is 0.171. The van der Waals surface area contributed by atoms with Crippen LogP contribution in [-0.4, -0.2) is 21.1 Å². The number of nitrogens with zero attached hydrogens (tertiary/aromatic N) is 1. The Morgan fingerprint density at radius 3 is 2.16 bits per heavy atom. The number of hydrogen-bond donors (Lipinski definition) is 2. The maximum absolute atomic E-state index is 13.9. The first-order valence-electron chi connectivity index (χ1n) is 10.4. The van der Waals surface area contributed by atoms with Gasteiger partial charge in [-0.05, 0) is 32.9 Å². The average Bonchev–Trinajstić information content (AvgIpc) is 3.20. The summed E-state index contributed by atoms with van der Waals surface area (Å²) < 4.78 is 13.9. The van der Waals surface area contributed by atoms with Gasteiger partial charge in [-0.25, -0.2) is 9.37 Å². The van der Waals surface area contributed by atoms with E-state index in [0.717, 1.165) is 22.5 Å². The molecule has 4 aromatic rings. The van der Waals surface area contributed by atoms with Gasteiger partial charge in [0.1, 0.15) is 5.82 Å². The third-order valence-electron chi connectivity index (χ3n) is 5.14. The number of rotatable bonds is 6. The molecule has 0 saturated carbocycles. The van der Waals surface area contributed by atoms with Crippen molar-refractivity contribution in [2.24, 2.45) is 0 Å². The number of para-hydroxylation sites is 1. The first-order valence-corrected chi connectivity index (χ1v) is 11.2. The van der Waals surface area contributed by atoms with Crippen LogP contribution >= 0.6 is 11.8 Å². The minimum atomic E-state index is -0.475. The summed E-state index contributed by atoms with van der Waals surface area (Å²) in [5.41, 5.74) is 6.28. The second-order valence-corrected chi connectivity index (χ2v) is 9.06. The Labute approximate surface area is 191 Å². The van der Waals surface area contributed by atoms with Gasteiger partial charge in [-0.1, -0.05) is 83.6 Å². The molecule has 0 bridgehead atoms. The molecule has 1 unspecified atom stereocenters. The molecule has 1 aromatic heterocycles. The lowest BCUT2D eigenvalue weighted by molar-refractivity contribution is -0.115. The third-order valence-corrected chi connectivity index (χ3v) is 6.12. The highest BCUT2D eigenvalue weighted by Gasteiger charge is 2.20. The summed E-state index contributed by atoms with van der Waals surface area (Å²) in [6, 6.07) is 22.6. The molecule has 0 aliphatic carbocycles. The molecule has 32 heavy (non-hydrogen) atoms. The van der Waals surface area contributed by atoms with E-state index in [0.29, 0.717) is 5.16 Å². The van der Waals surface area contributed by atoms with E-state index in [-0.39, 0.29) is 11.6 Å². The molecule has 1 amide bonds. The molecule has 4 nitrogen and oxygen atoms in total. The normalized spacial score (nSPS) is 11.9. The van der Waals surface area contributed by atoms with Gasteiger partial charge in [0.25, 0.3) is 0 Å². The molecular weight excluding hydrogens is 421 g/mol. The molecule has 4 rings (SSSR count). The highest BCUT2D eigenvalue weighted by molar-refractivity contribution is 8.00. The van der Waals surface area contributed by atoms with Gasteiger partial charge < -0.3 is 10.3 Å². The second-order valence-electron chi connectivity index (χ2n) is 7.73. The zero-order valence-corrected chi connectivity index (χ0v) is 19.0. The molecule has 0 aliphatic heterocycles. The number of nitrogens with one attached hydrogen (secondary N) is 2. The van der Waals surface area contributed by atoms with Crippen LogP contribution in [0.1, 0.15) is 18.1 Å². The van der Waals surface area contributed by atoms with E-state index in [1.807, 2.05) is 19.1 Å². The number of carbonyl (C=O) groups is 1. The highest BCUT2D eigenvalue weighted by atomic mass is 32.2. The lowest BCUT2D eigenvalue weighted by Crippen LogP contribution is -2.23. The SMILES string of the molecule is Cc1ccc(-c2nc(SC(C)C(=O)Nc3ccccc3F)[nH]c2-c2ccc(C)cc2)cc1. The summed E-state index contributed by atoms with van der Waals surface area (Å²) in [5.74, 6) is -0.746. The number of amides is 1. The standard InChI is InChI=1S/C26H24FN3OS/c1-16-8-12-19(13-9-16)23-24(20-14-10-17(2)11-15-20)30-26(29-23)32-18(3)25(31)28-22-7-5-4-6-21(22)27/h4-15,18H,1-3H3,(H,28,31)(H,29,30). The number of aromatic amines is 1. The van der Waals surface area contributed by atoms with Gasteiger partial charge >= 0.3 is 0 Å². The van der Waals surface area contributed by atoms with E-state index < -0.39 is 11.1 Å². The number of anilines is 1. The number of imidazole rings is 1. The van der Waals surface area contributed by atoms with E-state index in [1.54, 1.807) is 25.1 Å². The fourth-order valence-electron chi connectivity index (χ4n) is 3.27. The summed E-state index contributed by atoms with van der Waals surface area (Å²) in [4.78, 5) is 20.8. The number of H-pyrrole nitrogens is 1. The molecule has 0 fully saturated rings. The molecule has 162 valence electrons. The van der Waals surface area contributed by atoms with Crippen molar-refractivity contribution in [3.63, 3.8) is 0 Å². The number of benzene rings is 3. The van der Waals surface area contributed by atoms with Crippen LogP contribution < -0.4 is 5.32 Å². The topological polar surface area (TPSA) is 57.8 Å². The molecule has 2 N–H and O–H groups in total. The number of carbonyl (C=O) groups excluding carboxylic acids is 1. The van der Waals surface area contributed by atoms with E-state index in [9.17, 15) is 9.18 Å². The maximum atomic E-state index is 13.9. The summed E-state index contributed by atoms with van der Waals surface area (Å²) in [7, 11) is 0. The molecule has 1 heterocycles. The van der Waals surface area contributed by atoms with Crippen LogP contribution in [0.2, 0.25) is 0 Å². The molecule has 0 radical (unpaired) electrons. The van der Waals surface area contributed by atoms with Crippen molar-refractivity contribution >= 4 is 23.4 Å². The van der Waals surface area contributed by atoms with Crippen molar-refractivity contribution in [3.8, 4) is 22.5 Å².